The smallest absolute Gasteiger partial charge is 0.0604 e. The highest BCUT2D eigenvalue weighted by atomic mass is 16.5. The lowest BCUT2D eigenvalue weighted by molar-refractivity contribution is -0.0720. The minimum atomic E-state index is 0.347. The average molecular weight is 268 g/mol. The average Bonchev–Trinajstić information content (AvgIpc) is 2.31. The van der Waals surface area contributed by atoms with Gasteiger partial charge in [-0.25, -0.2) is 0 Å². The zero-order chi connectivity index (χ0) is 14.0. The maximum atomic E-state index is 5.72. The topological polar surface area (TPSA) is 24.5 Å². The second kappa shape index (κ2) is 6.11. The Morgan fingerprint density at radius 2 is 1.89 bits per heavy atom. The summed E-state index contributed by atoms with van der Waals surface area (Å²) in [6.07, 6.45) is 4.25. The van der Waals surface area contributed by atoms with Crippen LogP contribution in [0, 0.1) is 5.41 Å². The van der Waals surface area contributed by atoms with Crippen molar-refractivity contribution in [2.45, 2.75) is 78.1 Å². The van der Waals surface area contributed by atoms with E-state index in [4.69, 9.17) is 4.74 Å². The Bertz CT molecular complexity index is 281. The van der Waals surface area contributed by atoms with Crippen molar-refractivity contribution in [3.63, 3.8) is 0 Å². The van der Waals surface area contributed by atoms with Crippen molar-refractivity contribution < 1.29 is 4.74 Å². The Morgan fingerprint density at radius 1 is 1.21 bits per heavy atom. The first-order chi connectivity index (χ1) is 8.95. The number of piperazine rings is 1. The number of ether oxygens (including phenoxy) is 1. The van der Waals surface area contributed by atoms with Gasteiger partial charge in [0.15, 0.2) is 0 Å². The highest BCUT2D eigenvalue weighted by Crippen LogP contribution is 2.33. The second-order valence-electron chi connectivity index (χ2n) is 7.29. The third-order valence-electron chi connectivity index (χ3n) is 4.92. The van der Waals surface area contributed by atoms with Gasteiger partial charge in [-0.2, -0.15) is 0 Å². The van der Waals surface area contributed by atoms with Crippen molar-refractivity contribution in [3.8, 4) is 0 Å². The molecule has 0 radical (unpaired) electrons. The third kappa shape index (κ3) is 3.50. The van der Waals surface area contributed by atoms with E-state index in [-0.39, 0.29) is 0 Å². The number of nitrogens with zero attached hydrogens (tertiary/aromatic N) is 1. The Balaban J connectivity index is 1.92. The monoisotopic (exact) mass is 268 g/mol. The molecule has 0 bridgehead atoms. The molecular weight excluding hydrogens is 236 g/mol. The molecule has 0 amide bonds. The van der Waals surface area contributed by atoms with Crippen molar-refractivity contribution in [2.24, 2.45) is 5.41 Å². The lowest BCUT2D eigenvalue weighted by Gasteiger charge is -2.52. The molecule has 1 N–H and O–H groups in total. The van der Waals surface area contributed by atoms with E-state index >= 15 is 0 Å². The van der Waals surface area contributed by atoms with Gasteiger partial charge in [-0.15, -0.1) is 0 Å². The molecule has 1 heterocycles. The standard InChI is InChI=1S/C16H32N2O/c1-6-12-10-17-15(16(3,4)5)11-18(12)13-8-14(9-13)19-7-2/h12-15,17H,6-11H2,1-5H3. The fourth-order valence-electron chi connectivity index (χ4n) is 3.41. The van der Waals surface area contributed by atoms with E-state index in [0.29, 0.717) is 23.6 Å². The van der Waals surface area contributed by atoms with Crippen molar-refractivity contribution in [2.75, 3.05) is 19.7 Å². The minimum Gasteiger partial charge on any atom is -0.378 e. The quantitative estimate of drug-likeness (QED) is 0.848. The predicted octanol–water partition coefficient (Wildman–Crippen LogP) is 2.65. The normalized spacial score (nSPS) is 37.1. The summed E-state index contributed by atoms with van der Waals surface area (Å²) in [5.41, 5.74) is 0.347. The molecule has 1 saturated carbocycles. The van der Waals surface area contributed by atoms with Gasteiger partial charge in [0.2, 0.25) is 0 Å². The van der Waals surface area contributed by atoms with Crippen LogP contribution in [0.15, 0.2) is 0 Å². The van der Waals surface area contributed by atoms with E-state index in [1.165, 1.54) is 25.8 Å². The van der Waals surface area contributed by atoms with E-state index < -0.39 is 0 Å². The van der Waals surface area contributed by atoms with Crippen LogP contribution in [0.1, 0.15) is 53.9 Å². The van der Waals surface area contributed by atoms with Gasteiger partial charge in [-0.1, -0.05) is 27.7 Å². The summed E-state index contributed by atoms with van der Waals surface area (Å²) >= 11 is 0. The molecule has 19 heavy (non-hydrogen) atoms. The molecule has 0 spiro atoms. The molecule has 1 saturated heterocycles. The van der Waals surface area contributed by atoms with E-state index in [1.807, 2.05) is 0 Å². The molecular formula is C16H32N2O. The summed E-state index contributed by atoms with van der Waals surface area (Å²) in [6.45, 7) is 14.7. The zero-order valence-electron chi connectivity index (χ0n) is 13.4. The van der Waals surface area contributed by atoms with Crippen LogP contribution in [0.3, 0.4) is 0 Å². The van der Waals surface area contributed by atoms with Gasteiger partial charge in [0.1, 0.15) is 0 Å². The molecule has 0 aromatic carbocycles. The molecule has 3 nitrogen and oxygen atoms in total. The van der Waals surface area contributed by atoms with Crippen molar-refractivity contribution >= 4 is 0 Å². The van der Waals surface area contributed by atoms with E-state index in [1.54, 1.807) is 0 Å². The molecule has 2 rings (SSSR count). The van der Waals surface area contributed by atoms with Crippen LogP contribution in [-0.2, 0) is 4.74 Å². The molecule has 1 aliphatic carbocycles. The second-order valence-corrected chi connectivity index (χ2v) is 7.29. The number of hydrogen-bond acceptors (Lipinski definition) is 3. The lowest BCUT2D eigenvalue weighted by atomic mass is 9.81. The summed E-state index contributed by atoms with van der Waals surface area (Å²) in [5, 5.41) is 3.76. The Hall–Kier alpha value is -0.120. The maximum absolute atomic E-state index is 5.72. The summed E-state index contributed by atoms with van der Waals surface area (Å²) in [7, 11) is 0. The molecule has 112 valence electrons. The van der Waals surface area contributed by atoms with Crippen LogP contribution in [-0.4, -0.2) is 48.8 Å². The van der Waals surface area contributed by atoms with Gasteiger partial charge >= 0.3 is 0 Å². The predicted molar refractivity (Wildman–Crippen MR) is 80.5 cm³/mol. The summed E-state index contributed by atoms with van der Waals surface area (Å²) < 4.78 is 5.72. The SMILES string of the molecule is CCOC1CC(N2CC(C(C)(C)C)NCC2CC)C1. The highest BCUT2D eigenvalue weighted by Gasteiger charge is 2.41. The number of hydrogen-bond donors (Lipinski definition) is 1. The van der Waals surface area contributed by atoms with Gasteiger partial charge in [-0.3, -0.25) is 4.90 Å². The summed E-state index contributed by atoms with van der Waals surface area (Å²) in [4.78, 5) is 2.77. The van der Waals surface area contributed by atoms with Gasteiger partial charge in [0.25, 0.3) is 0 Å². The van der Waals surface area contributed by atoms with Crippen molar-refractivity contribution in [1.82, 2.24) is 10.2 Å². The molecule has 1 aliphatic heterocycles. The van der Waals surface area contributed by atoms with Crippen molar-refractivity contribution in [1.29, 1.82) is 0 Å². The fraction of sp³-hybridized carbons (Fsp3) is 1.00. The number of rotatable bonds is 4. The lowest BCUT2D eigenvalue weighted by Crippen LogP contribution is -2.65. The molecule has 0 aromatic heterocycles. The fourth-order valence-corrected chi connectivity index (χ4v) is 3.41. The van der Waals surface area contributed by atoms with Gasteiger partial charge in [0, 0.05) is 37.8 Å². The van der Waals surface area contributed by atoms with Crippen LogP contribution in [0.2, 0.25) is 0 Å². The first-order valence-corrected chi connectivity index (χ1v) is 8.06. The van der Waals surface area contributed by atoms with Crippen LogP contribution in [0.4, 0.5) is 0 Å². The summed E-state index contributed by atoms with van der Waals surface area (Å²) in [5.74, 6) is 0. The Labute approximate surface area is 119 Å². The molecule has 2 aliphatic rings. The van der Waals surface area contributed by atoms with E-state index in [2.05, 4.69) is 44.8 Å². The van der Waals surface area contributed by atoms with Gasteiger partial charge in [0.05, 0.1) is 6.10 Å². The van der Waals surface area contributed by atoms with Crippen LogP contribution in [0.25, 0.3) is 0 Å². The van der Waals surface area contributed by atoms with Gasteiger partial charge < -0.3 is 10.1 Å². The van der Waals surface area contributed by atoms with Crippen LogP contribution < -0.4 is 5.32 Å². The largest absolute Gasteiger partial charge is 0.378 e. The molecule has 2 fully saturated rings. The number of nitrogens with one attached hydrogen (secondary N) is 1. The van der Waals surface area contributed by atoms with E-state index in [0.717, 1.165) is 19.2 Å². The molecule has 2 unspecified atom stereocenters. The molecule has 3 heteroatoms. The Morgan fingerprint density at radius 3 is 2.42 bits per heavy atom. The van der Waals surface area contributed by atoms with Crippen LogP contribution >= 0.6 is 0 Å². The first-order valence-electron chi connectivity index (χ1n) is 8.06. The highest BCUT2D eigenvalue weighted by molar-refractivity contribution is 4.98. The Kier molecular flexibility index (Phi) is 4.91. The van der Waals surface area contributed by atoms with Gasteiger partial charge in [-0.05, 0) is 31.6 Å². The van der Waals surface area contributed by atoms with E-state index in [9.17, 15) is 0 Å². The minimum absolute atomic E-state index is 0.347. The third-order valence-corrected chi connectivity index (χ3v) is 4.92. The maximum Gasteiger partial charge on any atom is 0.0604 e. The first kappa shape index (κ1) is 15.3. The zero-order valence-corrected chi connectivity index (χ0v) is 13.4. The summed E-state index contributed by atoms with van der Waals surface area (Å²) in [6, 6.07) is 2.08. The molecule has 2 atom stereocenters. The van der Waals surface area contributed by atoms with Crippen molar-refractivity contribution in [3.05, 3.63) is 0 Å². The van der Waals surface area contributed by atoms with Crippen LogP contribution in [0.5, 0.6) is 0 Å². The molecule has 0 aromatic rings.